The van der Waals surface area contributed by atoms with E-state index in [4.69, 9.17) is 14.5 Å². The van der Waals surface area contributed by atoms with Crippen molar-refractivity contribution in [3.63, 3.8) is 0 Å². The summed E-state index contributed by atoms with van der Waals surface area (Å²) in [5.41, 5.74) is 4.66. The molecule has 2 aliphatic rings. The predicted octanol–water partition coefficient (Wildman–Crippen LogP) is 3.41. The zero-order valence-corrected chi connectivity index (χ0v) is 16.8. The molecule has 1 saturated carbocycles. The maximum absolute atomic E-state index is 12.7. The highest BCUT2D eigenvalue weighted by atomic mass is 16.7. The first-order chi connectivity index (χ1) is 15.2. The molecule has 3 heterocycles. The number of ether oxygens (including phenoxy) is 2. The van der Waals surface area contributed by atoms with Crippen LogP contribution in [0.5, 0.6) is 11.5 Å². The van der Waals surface area contributed by atoms with Gasteiger partial charge in [-0.05, 0) is 55.7 Å². The van der Waals surface area contributed by atoms with Crippen molar-refractivity contribution in [2.24, 2.45) is 0 Å². The number of benzene rings is 2. The van der Waals surface area contributed by atoms with Crippen molar-refractivity contribution in [1.29, 1.82) is 0 Å². The molecule has 1 aliphatic carbocycles. The van der Waals surface area contributed by atoms with E-state index >= 15 is 0 Å². The van der Waals surface area contributed by atoms with Crippen molar-refractivity contribution in [2.75, 3.05) is 6.79 Å². The minimum absolute atomic E-state index is 0.0626. The number of nitrogens with one attached hydrogen (secondary N) is 1. The molecule has 0 saturated heterocycles. The number of rotatable bonds is 4. The lowest BCUT2D eigenvalue weighted by Crippen LogP contribution is -2.25. The summed E-state index contributed by atoms with van der Waals surface area (Å²) in [6, 6.07) is 11.7. The van der Waals surface area contributed by atoms with Crippen LogP contribution >= 0.6 is 0 Å². The number of nitrogens with zero attached hydrogens (tertiary/aromatic N) is 4. The Morgan fingerprint density at radius 3 is 2.87 bits per heavy atom. The molecule has 6 rings (SSSR count). The smallest absolute Gasteiger partial charge is 0.251 e. The third kappa shape index (κ3) is 3.07. The van der Waals surface area contributed by atoms with Crippen molar-refractivity contribution in [3.05, 3.63) is 60.0 Å². The SMILES string of the molecule is Cc1ccc(C(=O)NC2CC2)cc1-n1c(-c2ccc3c(c2)OCO3)nc2cncnc21. The molecule has 8 nitrogen and oxygen atoms in total. The van der Waals surface area contributed by atoms with E-state index in [1.54, 1.807) is 6.20 Å². The fraction of sp³-hybridized carbons (Fsp3) is 0.217. The number of fused-ring (bicyclic) bond motifs is 2. The molecule has 1 aliphatic heterocycles. The summed E-state index contributed by atoms with van der Waals surface area (Å²) < 4.78 is 13.0. The minimum Gasteiger partial charge on any atom is -0.454 e. The van der Waals surface area contributed by atoms with Gasteiger partial charge in [-0.3, -0.25) is 9.36 Å². The van der Waals surface area contributed by atoms with Gasteiger partial charge in [-0.2, -0.15) is 0 Å². The molecule has 2 aromatic heterocycles. The Hall–Kier alpha value is -3.94. The van der Waals surface area contributed by atoms with E-state index in [1.165, 1.54) is 6.33 Å². The molecular weight excluding hydrogens is 394 g/mol. The Bertz CT molecular complexity index is 1340. The molecule has 4 aromatic rings. The lowest BCUT2D eigenvalue weighted by Gasteiger charge is -2.14. The summed E-state index contributed by atoms with van der Waals surface area (Å²) >= 11 is 0. The number of aryl methyl sites for hydroxylation is 1. The van der Waals surface area contributed by atoms with Crippen LogP contribution in [-0.4, -0.2) is 38.3 Å². The van der Waals surface area contributed by atoms with E-state index in [0.29, 0.717) is 40.1 Å². The van der Waals surface area contributed by atoms with E-state index < -0.39 is 0 Å². The van der Waals surface area contributed by atoms with Crippen molar-refractivity contribution in [3.8, 4) is 28.6 Å². The number of hydrogen-bond acceptors (Lipinski definition) is 6. The number of carbonyl (C=O) groups excluding carboxylic acids is 1. The van der Waals surface area contributed by atoms with Gasteiger partial charge >= 0.3 is 0 Å². The average molecular weight is 413 g/mol. The summed E-state index contributed by atoms with van der Waals surface area (Å²) in [5, 5.41) is 3.05. The van der Waals surface area contributed by atoms with E-state index in [9.17, 15) is 4.79 Å². The standard InChI is InChI=1S/C23H19N5O3/c1-13-2-3-15(23(29)26-16-5-6-16)8-18(13)28-21(27-17-10-24-11-25-22(17)28)14-4-7-19-20(9-14)31-12-30-19/h2-4,7-11,16H,5-6,12H2,1H3,(H,26,29). The molecule has 1 fully saturated rings. The topological polar surface area (TPSA) is 91.2 Å². The zero-order chi connectivity index (χ0) is 20.9. The van der Waals surface area contributed by atoms with Crippen molar-refractivity contribution >= 4 is 17.1 Å². The van der Waals surface area contributed by atoms with Crippen LogP contribution < -0.4 is 14.8 Å². The number of hydrogen-bond donors (Lipinski definition) is 1. The first-order valence-electron chi connectivity index (χ1n) is 10.2. The van der Waals surface area contributed by atoms with Crippen LogP contribution in [0.3, 0.4) is 0 Å². The second-order valence-electron chi connectivity index (χ2n) is 7.82. The van der Waals surface area contributed by atoms with Crippen molar-refractivity contribution in [1.82, 2.24) is 24.8 Å². The van der Waals surface area contributed by atoms with E-state index in [0.717, 1.165) is 29.7 Å². The molecule has 2 aromatic carbocycles. The number of imidazole rings is 1. The van der Waals surface area contributed by atoms with Gasteiger partial charge in [0, 0.05) is 17.2 Å². The van der Waals surface area contributed by atoms with Gasteiger partial charge in [-0.15, -0.1) is 0 Å². The highest BCUT2D eigenvalue weighted by molar-refractivity contribution is 5.95. The van der Waals surface area contributed by atoms with Gasteiger partial charge in [0.2, 0.25) is 6.79 Å². The molecule has 154 valence electrons. The van der Waals surface area contributed by atoms with Crippen LogP contribution in [0.4, 0.5) is 0 Å². The Morgan fingerprint density at radius 2 is 2.00 bits per heavy atom. The van der Waals surface area contributed by atoms with Crippen LogP contribution in [0.15, 0.2) is 48.9 Å². The Morgan fingerprint density at radius 1 is 1.13 bits per heavy atom. The second kappa shape index (κ2) is 6.80. The molecule has 0 spiro atoms. The molecule has 8 heteroatoms. The fourth-order valence-electron chi connectivity index (χ4n) is 3.78. The summed E-state index contributed by atoms with van der Waals surface area (Å²) in [6.07, 6.45) is 5.28. The molecule has 0 unspecified atom stereocenters. The van der Waals surface area contributed by atoms with Crippen molar-refractivity contribution < 1.29 is 14.3 Å². The van der Waals surface area contributed by atoms with Gasteiger partial charge in [0.25, 0.3) is 5.91 Å². The largest absolute Gasteiger partial charge is 0.454 e. The third-order valence-corrected chi connectivity index (χ3v) is 5.58. The molecule has 1 N–H and O–H groups in total. The van der Waals surface area contributed by atoms with Crippen LogP contribution in [-0.2, 0) is 0 Å². The van der Waals surface area contributed by atoms with Gasteiger partial charge in [-0.25, -0.2) is 15.0 Å². The predicted molar refractivity (Wildman–Crippen MR) is 113 cm³/mol. The van der Waals surface area contributed by atoms with Crippen LogP contribution in [0.2, 0.25) is 0 Å². The van der Waals surface area contributed by atoms with Crippen LogP contribution in [0.1, 0.15) is 28.8 Å². The Labute approximate surface area is 177 Å². The van der Waals surface area contributed by atoms with Gasteiger partial charge in [-0.1, -0.05) is 6.07 Å². The van der Waals surface area contributed by atoms with E-state index in [1.807, 2.05) is 47.9 Å². The quantitative estimate of drug-likeness (QED) is 0.551. The lowest BCUT2D eigenvalue weighted by atomic mass is 10.1. The fourth-order valence-corrected chi connectivity index (χ4v) is 3.78. The highest BCUT2D eigenvalue weighted by Gasteiger charge is 2.25. The van der Waals surface area contributed by atoms with Gasteiger partial charge in [0.15, 0.2) is 17.1 Å². The monoisotopic (exact) mass is 413 g/mol. The zero-order valence-electron chi connectivity index (χ0n) is 16.8. The summed E-state index contributed by atoms with van der Waals surface area (Å²) in [6.45, 7) is 2.21. The molecular formula is C23H19N5O3. The van der Waals surface area contributed by atoms with Gasteiger partial charge in [0.05, 0.1) is 11.9 Å². The van der Waals surface area contributed by atoms with Crippen molar-refractivity contribution in [2.45, 2.75) is 25.8 Å². The van der Waals surface area contributed by atoms with E-state index in [2.05, 4.69) is 15.3 Å². The summed E-state index contributed by atoms with van der Waals surface area (Å²) in [4.78, 5) is 26.1. The molecule has 1 amide bonds. The number of aromatic nitrogens is 4. The highest BCUT2D eigenvalue weighted by Crippen LogP contribution is 2.37. The minimum atomic E-state index is -0.0626. The van der Waals surface area contributed by atoms with Crippen LogP contribution in [0, 0.1) is 6.92 Å². The average Bonchev–Trinajstić information content (AvgIpc) is 3.33. The van der Waals surface area contributed by atoms with Gasteiger partial charge in [0.1, 0.15) is 17.7 Å². The Balaban J connectivity index is 1.54. The molecule has 0 bridgehead atoms. The normalized spacial score (nSPS) is 14.7. The van der Waals surface area contributed by atoms with Gasteiger partial charge < -0.3 is 14.8 Å². The summed E-state index contributed by atoms with van der Waals surface area (Å²) in [5.74, 6) is 2.02. The molecule has 31 heavy (non-hydrogen) atoms. The molecule has 0 radical (unpaired) electrons. The summed E-state index contributed by atoms with van der Waals surface area (Å²) in [7, 11) is 0. The number of carbonyl (C=O) groups is 1. The first-order valence-corrected chi connectivity index (χ1v) is 10.2. The van der Waals surface area contributed by atoms with Crippen LogP contribution in [0.25, 0.3) is 28.2 Å². The Kier molecular flexibility index (Phi) is 3.92. The maximum atomic E-state index is 12.7. The third-order valence-electron chi connectivity index (χ3n) is 5.58. The molecule has 0 atom stereocenters. The first kappa shape index (κ1) is 17.9. The maximum Gasteiger partial charge on any atom is 0.251 e. The van der Waals surface area contributed by atoms with E-state index in [-0.39, 0.29) is 12.7 Å². The second-order valence-corrected chi connectivity index (χ2v) is 7.82. The number of amides is 1. The lowest BCUT2D eigenvalue weighted by molar-refractivity contribution is 0.0951.